The maximum atomic E-state index is 12.7. The highest BCUT2D eigenvalue weighted by Crippen LogP contribution is 2.24. The van der Waals surface area contributed by atoms with E-state index < -0.39 is 10.0 Å². The van der Waals surface area contributed by atoms with Crippen LogP contribution in [0, 0.1) is 19.3 Å². The molecule has 1 aliphatic rings. The van der Waals surface area contributed by atoms with E-state index in [4.69, 9.17) is 6.42 Å². The number of nitrogens with zero attached hydrogens (tertiary/aromatic N) is 2. The third-order valence-electron chi connectivity index (χ3n) is 3.41. The number of hydrogen-bond donors (Lipinski definition) is 0. The molecule has 20 heavy (non-hydrogen) atoms. The molecule has 0 aromatic heterocycles. The van der Waals surface area contributed by atoms with Crippen LogP contribution in [0.2, 0.25) is 0 Å². The molecule has 0 saturated carbocycles. The van der Waals surface area contributed by atoms with Crippen LogP contribution in [0.5, 0.6) is 0 Å². The highest BCUT2D eigenvalue weighted by molar-refractivity contribution is 9.10. The molecule has 2 rings (SSSR count). The molecule has 1 fully saturated rings. The minimum atomic E-state index is -3.43. The van der Waals surface area contributed by atoms with Gasteiger partial charge in [-0.05, 0) is 24.6 Å². The predicted octanol–water partition coefficient (Wildman–Crippen LogP) is 1.70. The van der Waals surface area contributed by atoms with Gasteiger partial charge >= 0.3 is 0 Å². The molecule has 6 heteroatoms. The molecule has 0 amide bonds. The monoisotopic (exact) mass is 356 g/mol. The first-order valence-corrected chi connectivity index (χ1v) is 8.60. The van der Waals surface area contributed by atoms with Crippen LogP contribution in [0.25, 0.3) is 0 Å². The van der Waals surface area contributed by atoms with Gasteiger partial charge in [0.05, 0.1) is 11.4 Å². The van der Waals surface area contributed by atoms with Crippen molar-refractivity contribution in [2.45, 2.75) is 11.8 Å². The minimum absolute atomic E-state index is 0.372. The summed E-state index contributed by atoms with van der Waals surface area (Å²) in [5.41, 5.74) is 0.763. The predicted molar refractivity (Wildman–Crippen MR) is 82.9 cm³/mol. The number of terminal acetylenes is 1. The van der Waals surface area contributed by atoms with Crippen molar-refractivity contribution in [2.75, 3.05) is 32.7 Å². The third-order valence-corrected chi connectivity index (χ3v) is 5.95. The number of benzene rings is 1. The average molecular weight is 357 g/mol. The van der Waals surface area contributed by atoms with Crippen LogP contribution < -0.4 is 0 Å². The molecule has 1 saturated heterocycles. The highest BCUT2D eigenvalue weighted by atomic mass is 79.9. The SMILES string of the molecule is C#CCN1CCN(S(=O)(=O)c2cc(Br)ccc2C)CC1. The van der Waals surface area contributed by atoms with Crippen LogP contribution in [-0.4, -0.2) is 50.3 Å². The average Bonchev–Trinajstić information content (AvgIpc) is 2.42. The van der Waals surface area contributed by atoms with Crippen molar-refractivity contribution in [3.63, 3.8) is 0 Å². The largest absolute Gasteiger partial charge is 0.290 e. The number of rotatable bonds is 3. The maximum absolute atomic E-state index is 12.7. The quantitative estimate of drug-likeness (QED) is 0.774. The summed E-state index contributed by atoms with van der Waals surface area (Å²) >= 11 is 3.33. The first-order chi connectivity index (χ1) is 9.45. The second-order valence-electron chi connectivity index (χ2n) is 4.79. The van der Waals surface area contributed by atoms with Gasteiger partial charge in [-0.3, -0.25) is 4.90 Å². The van der Waals surface area contributed by atoms with Gasteiger partial charge < -0.3 is 0 Å². The fourth-order valence-corrected chi connectivity index (χ4v) is 4.43. The van der Waals surface area contributed by atoms with E-state index in [0.717, 1.165) is 10.0 Å². The van der Waals surface area contributed by atoms with Crippen molar-refractivity contribution < 1.29 is 8.42 Å². The second-order valence-corrected chi connectivity index (χ2v) is 7.62. The Kier molecular flexibility index (Phi) is 4.86. The summed E-state index contributed by atoms with van der Waals surface area (Å²) in [4.78, 5) is 2.46. The summed E-state index contributed by atoms with van der Waals surface area (Å²) in [6, 6.07) is 5.32. The standard InChI is InChI=1S/C14H17BrN2O2S/c1-3-6-16-7-9-17(10-8-16)20(18,19)14-11-13(15)5-4-12(14)2/h1,4-5,11H,6-10H2,2H3. The summed E-state index contributed by atoms with van der Waals surface area (Å²) in [6.07, 6.45) is 5.28. The molecule has 0 radical (unpaired) electrons. The molecule has 1 aromatic rings. The molecular weight excluding hydrogens is 340 g/mol. The molecule has 0 atom stereocenters. The van der Waals surface area contributed by atoms with Crippen LogP contribution in [0.3, 0.4) is 0 Å². The molecule has 1 aliphatic heterocycles. The van der Waals surface area contributed by atoms with E-state index in [1.54, 1.807) is 6.07 Å². The molecule has 1 aromatic carbocycles. The van der Waals surface area contributed by atoms with E-state index in [2.05, 4.69) is 26.8 Å². The van der Waals surface area contributed by atoms with E-state index >= 15 is 0 Å². The van der Waals surface area contributed by atoms with E-state index in [1.807, 2.05) is 19.1 Å². The molecule has 0 unspecified atom stereocenters. The molecule has 1 heterocycles. The van der Waals surface area contributed by atoms with Crippen LogP contribution in [-0.2, 0) is 10.0 Å². The van der Waals surface area contributed by atoms with Gasteiger partial charge in [-0.1, -0.05) is 27.9 Å². The van der Waals surface area contributed by atoms with E-state index in [0.29, 0.717) is 37.6 Å². The lowest BCUT2D eigenvalue weighted by Crippen LogP contribution is -2.48. The number of aryl methyl sites for hydroxylation is 1. The van der Waals surface area contributed by atoms with Crippen LogP contribution >= 0.6 is 15.9 Å². The Hall–Kier alpha value is -0.870. The van der Waals surface area contributed by atoms with Gasteiger partial charge in [0.2, 0.25) is 10.0 Å². The molecule has 4 nitrogen and oxygen atoms in total. The van der Waals surface area contributed by atoms with E-state index in [-0.39, 0.29) is 0 Å². The highest BCUT2D eigenvalue weighted by Gasteiger charge is 2.29. The molecule has 0 spiro atoms. The van der Waals surface area contributed by atoms with Crippen LogP contribution in [0.15, 0.2) is 27.6 Å². The van der Waals surface area contributed by atoms with Gasteiger partial charge in [0.1, 0.15) is 0 Å². The van der Waals surface area contributed by atoms with Gasteiger partial charge in [0.15, 0.2) is 0 Å². The Morgan fingerprint density at radius 1 is 1.30 bits per heavy atom. The molecule has 0 bridgehead atoms. The summed E-state index contributed by atoms with van der Waals surface area (Å²) in [5, 5.41) is 0. The normalized spacial score (nSPS) is 17.9. The Bertz CT molecular complexity index is 629. The van der Waals surface area contributed by atoms with Gasteiger partial charge in [-0.2, -0.15) is 4.31 Å². The van der Waals surface area contributed by atoms with Crippen molar-refractivity contribution in [3.8, 4) is 12.3 Å². The topological polar surface area (TPSA) is 40.6 Å². The first kappa shape index (κ1) is 15.5. The molecule has 0 aliphatic carbocycles. The Labute approximate surface area is 128 Å². The Balaban J connectivity index is 2.20. The van der Waals surface area contributed by atoms with Gasteiger partial charge in [-0.25, -0.2) is 8.42 Å². The van der Waals surface area contributed by atoms with Crippen LogP contribution in [0.1, 0.15) is 5.56 Å². The van der Waals surface area contributed by atoms with E-state index in [1.165, 1.54) is 4.31 Å². The lowest BCUT2D eigenvalue weighted by molar-refractivity contribution is 0.207. The van der Waals surface area contributed by atoms with Gasteiger partial charge in [0.25, 0.3) is 0 Å². The maximum Gasteiger partial charge on any atom is 0.243 e. The zero-order chi connectivity index (χ0) is 14.8. The van der Waals surface area contributed by atoms with E-state index in [9.17, 15) is 8.42 Å². The zero-order valence-electron chi connectivity index (χ0n) is 11.3. The summed E-state index contributed by atoms with van der Waals surface area (Å²) in [6.45, 7) is 4.70. The van der Waals surface area contributed by atoms with Gasteiger partial charge in [-0.15, -0.1) is 6.42 Å². The number of halogens is 1. The Morgan fingerprint density at radius 3 is 2.55 bits per heavy atom. The zero-order valence-corrected chi connectivity index (χ0v) is 13.7. The van der Waals surface area contributed by atoms with Crippen molar-refractivity contribution in [1.82, 2.24) is 9.21 Å². The summed E-state index contributed by atoms with van der Waals surface area (Å²) in [5.74, 6) is 2.59. The lowest BCUT2D eigenvalue weighted by atomic mass is 10.2. The number of piperazine rings is 1. The summed E-state index contributed by atoms with van der Waals surface area (Å²) in [7, 11) is -3.43. The van der Waals surface area contributed by atoms with Gasteiger partial charge in [0, 0.05) is 30.7 Å². The molecular formula is C14H17BrN2O2S. The molecule has 0 N–H and O–H groups in total. The van der Waals surface area contributed by atoms with Crippen molar-refractivity contribution in [3.05, 3.63) is 28.2 Å². The lowest BCUT2D eigenvalue weighted by Gasteiger charge is -2.33. The van der Waals surface area contributed by atoms with Crippen molar-refractivity contribution >= 4 is 26.0 Å². The summed E-state index contributed by atoms with van der Waals surface area (Å²) < 4.78 is 27.6. The minimum Gasteiger partial charge on any atom is -0.290 e. The Morgan fingerprint density at radius 2 is 1.95 bits per heavy atom. The fraction of sp³-hybridized carbons (Fsp3) is 0.429. The van der Waals surface area contributed by atoms with Crippen LogP contribution in [0.4, 0.5) is 0 Å². The van der Waals surface area contributed by atoms with Crippen molar-refractivity contribution in [1.29, 1.82) is 0 Å². The first-order valence-electron chi connectivity index (χ1n) is 6.37. The number of hydrogen-bond acceptors (Lipinski definition) is 3. The fourth-order valence-electron chi connectivity index (χ4n) is 2.25. The smallest absolute Gasteiger partial charge is 0.243 e. The van der Waals surface area contributed by atoms with Crippen molar-refractivity contribution in [2.24, 2.45) is 0 Å². The number of sulfonamides is 1. The molecule has 108 valence electrons. The third kappa shape index (κ3) is 3.23. The second kappa shape index (κ2) is 6.27.